The maximum atomic E-state index is 5.17. The highest BCUT2D eigenvalue weighted by Crippen LogP contribution is 2.41. The molecule has 2 fully saturated rings. The molecule has 3 N–H and O–H groups in total. The van der Waals surface area contributed by atoms with E-state index in [1.165, 1.54) is 30.4 Å². The smallest absolute Gasteiger partial charge is 0.180 e. The molecule has 4 atom stereocenters. The number of anilines is 3. The summed E-state index contributed by atoms with van der Waals surface area (Å²) in [4.78, 5) is 43.4. The van der Waals surface area contributed by atoms with Gasteiger partial charge in [-0.2, -0.15) is 0 Å². The van der Waals surface area contributed by atoms with Crippen molar-refractivity contribution in [2.75, 3.05) is 16.0 Å². The van der Waals surface area contributed by atoms with E-state index in [4.69, 9.17) is 24.9 Å². The van der Waals surface area contributed by atoms with Crippen LogP contribution in [0.3, 0.4) is 0 Å². The van der Waals surface area contributed by atoms with Gasteiger partial charge < -0.3 is 16.0 Å². The van der Waals surface area contributed by atoms with Gasteiger partial charge in [-0.05, 0) is 119 Å². The molecule has 2 aliphatic rings. The Morgan fingerprint density at radius 3 is 1.84 bits per heavy atom. The van der Waals surface area contributed by atoms with Crippen molar-refractivity contribution in [2.24, 2.45) is 5.92 Å². The Morgan fingerprint density at radius 2 is 1.24 bits per heavy atom. The van der Waals surface area contributed by atoms with E-state index < -0.39 is 0 Å². The van der Waals surface area contributed by atoms with E-state index in [1.54, 1.807) is 18.6 Å². The zero-order chi connectivity index (χ0) is 39.8. The quantitative estimate of drug-likeness (QED) is 0.0860. The molecule has 4 unspecified atom stereocenters. The number of pyridine rings is 3. The first-order valence-electron chi connectivity index (χ1n) is 21.1. The van der Waals surface area contributed by atoms with Crippen molar-refractivity contribution in [2.45, 2.75) is 116 Å². The van der Waals surface area contributed by atoms with Crippen LogP contribution in [0.2, 0.25) is 0 Å². The van der Waals surface area contributed by atoms with Crippen molar-refractivity contribution >= 4 is 17.5 Å². The minimum absolute atomic E-state index is 0.133. The number of nitrogens with zero attached hydrogens (tertiary/aromatic N) is 9. The fraction of sp³-hybridized carbons (Fsp3) is 0.413. The van der Waals surface area contributed by atoms with Gasteiger partial charge in [0.15, 0.2) is 17.5 Å². The summed E-state index contributed by atoms with van der Waals surface area (Å²) < 4.78 is 0. The lowest BCUT2D eigenvalue weighted by Crippen LogP contribution is -2.29. The van der Waals surface area contributed by atoms with E-state index in [-0.39, 0.29) is 12.1 Å². The summed E-state index contributed by atoms with van der Waals surface area (Å²) in [5, 5.41) is 11.4. The molecule has 0 aromatic carbocycles. The average Bonchev–Trinajstić information content (AvgIpc) is 3.73. The predicted molar refractivity (Wildman–Crippen MR) is 230 cm³/mol. The molecule has 58 heavy (non-hydrogen) atoms. The van der Waals surface area contributed by atoms with Crippen molar-refractivity contribution in [1.82, 2.24) is 44.9 Å². The molecule has 12 heteroatoms. The molecule has 0 amide bonds. The third kappa shape index (κ3) is 8.96. The molecule has 6 aromatic heterocycles. The second kappa shape index (κ2) is 18.1. The molecule has 0 spiro atoms. The number of nitrogens with one attached hydrogen (secondary N) is 3. The first-order valence-corrected chi connectivity index (χ1v) is 21.1. The normalized spacial score (nSPS) is 17.7. The van der Waals surface area contributed by atoms with Crippen molar-refractivity contribution in [3.05, 3.63) is 108 Å². The number of rotatable bonds is 16. The molecule has 6 heterocycles. The van der Waals surface area contributed by atoms with E-state index in [1.807, 2.05) is 67.0 Å². The molecule has 0 bridgehead atoms. The van der Waals surface area contributed by atoms with Gasteiger partial charge >= 0.3 is 0 Å². The van der Waals surface area contributed by atoms with Crippen LogP contribution in [0.15, 0.2) is 85.6 Å². The van der Waals surface area contributed by atoms with E-state index in [0.29, 0.717) is 35.4 Å². The van der Waals surface area contributed by atoms with Crippen LogP contribution in [0.5, 0.6) is 0 Å². The summed E-state index contributed by atoms with van der Waals surface area (Å²) in [5.74, 6) is 5.44. The monoisotopic (exact) mass is 774 g/mol. The largest absolute Gasteiger partial charge is 0.367 e. The number of hydrogen-bond donors (Lipinski definition) is 3. The molecule has 6 aromatic rings. The highest BCUT2D eigenvalue weighted by Gasteiger charge is 2.33. The van der Waals surface area contributed by atoms with Crippen LogP contribution < -0.4 is 16.0 Å². The van der Waals surface area contributed by atoms with Gasteiger partial charge in [-0.3, -0.25) is 15.0 Å². The summed E-state index contributed by atoms with van der Waals surface area (Å²) in [6.45, 7) is 8.88. The molecule has 12 nitrogen and oxygen atoms in total. The van der Waals surface area contributed by atoms with E-state index in [0.717, 1.165) is 90.7 Å². The predicted octanol–water partition coefficient (Wildman–Crippen LogP) is 9.15. The van der Waals surface area contributed by atoms with Crippen LogP contribution >= 0.6 is 0 Å². The number of aryl methyl sites for hydroxylation is 2. The molecule has 2 aliphatic carbocycles. The lowest BCUT2D eigenvalue weighted by molar-refractivity contribution is 0.437. The third-order valence-electron chi connectivity index (χ3n) is 11.8. The maximum Gasteiger partial charge on any atom is 0.180 e. The summed E-state index contributed by atoms with van der Waals surface area (Å²) in [5.41, 5.74) is 6.82. The van der Waals surface area contributed by atoms with Gasteiger partial charge in [0.1, 0.15) is 34.5 Å². The van der Waals surface area contributed by atoms with E-state index in [2.05, 4.69) is 63.6 Å². The van der Waals surface area contributed by atoms with Gasteiger partial charge in [0.2, 0.25) is 0 Å². The number of aromatic nitrogens is 9. The van der Waals surface area contributed by atoms with Crippen LogP contribution in [-0.4, -0.2) is 63.0 Å². The molecule has 8 rings (SSSR count). The van der Waals surface area contributed by atoms with Crippen molar-refractivity contribution in [1.29, 1.82) is 0 Å². The fourth-order valence-corrected chi connectivity index (χ4v) is 8.16. The van der Waals surface area contributed by atoms with Gasteiger partial charge in [-0.15, -0.1) is 0 Å². The number of hydrogen-bond acceptors (Lipinski definition) is 12. The Kier molecular flexibility index (Phi) is 12.2. The second-order valence-electron chi connectivity index (χ2n) is 15.8. The molecule has 0 radical (unpaired) electrons. The SMILES string of the molecule is CCc1cnc(-c2ccccn2)nc1NC(C)CCc1nc(-c2ccccn2)nc(NC2CCC(C(C)c3cnc(-c4ccccn4)nc3NC3CCC3)C2)c1CC. The van der Waals surface area contributed by atoms with Gasteiger partial charge in [-0.1, -0.05) is 39.0 Å². The summed E-state index contributed by atoms with van der Waals surface area (Å²) in [6, 6.07) is 18.5. The van der Waals surface area contributed by atoms with Gasteiger partial charge in [0.05, 0.1) is 0 Å². The first-order chi connectivity index (χ1) is 28.4. The highest BCUT2D eigenvalue weighted by atomic mass is 15.1. The van der Waals surface area contributed by atoms with Gasteiger partial charge in [-0.25, -0.2) is 29.9 Å². The van der Waals surface area contributed by atoms with Crippen LogP contribution in [0.4, 0.5) is 17.5 Å². The van der Waals surface area contributed by atoms with Crippen molar-refractivity contribution in [3.8, 4) is 34.6 Å². The lowest BCUT2D eigenvalue weighted by atomic mass is 9.86. The topological polar surface area (TPSA) is 152 Å². The van der Waals surface area contributed by atoms with Gasteiger partial charge in [0.25, 0.3) is 0 Å². The first kappa shape index (κ1) is 38.9. The Bertz CT molecular complexity index is 2270. The van der Waals surface area contributed by atoms with Gasteiger partial charge in [0, 0.05) is 71.5 Å². The lowest BCUT2D eigenvalue weighted by Gasteiger charge is -2.30. The summed E-state index contributed by atoms with van der Waals surface area (Å²) >= 11 is 0. The van der Waals surface area contributed by atoms with Crippen LogP contribution in [0.25, 0.3) is 34.6 Å². The Hall–Kier alpha value is -5.91. The van der Waals surface area contributed by atoms with Crippen LogP contribution in [-0.2, 0) is 19.3 Å². The molecule has 298 valence electrons. The van der Waals surface area contributed by atoms with Crippen LogP contribution in [0, 0.1) is 5.92 Å². The molecular formula is C46H54N12. The van der Waals surface area contributed by atoms with E-state index >= 15 is 0 Å². The summed E-state index contributed by atoms with van der Waals surface area (Å²) in [6.07, 6.45) is 19.5. The standard InChI is InChI=1S/C46H54N12/c1-5-31-27-50-44(38-16-7-10-23-47-38)56-41(31)52-29(3)19-22-37-35(6-2)42(58-46(55-37)40-18-9-12-25-49-40)54-34-21-20-32(26-34)30(4)36-28-51-45(39-17-8-11-24-48-39)57-43(36)53-33-14-13-15-33/h7-12,16-18,23-25,27-30,32-34H,5-6,13-15,19-22,26H2,1-4H3,(H,50,52,56)(H,51,53,57)(H,54,55,58). The zero-order valence-corrected chi connectivity index (χ0v) is 34.1. The molecule has 0 aliphatic heterocycles. The van der Waals surface area contributed by atoms with Crippen molar-refractivity contribution in [3.63, 3.8) is 0 Å². The Labute approximate surface area is 341 Å². The van der Waals surface area contributed by atoms with Crippen molar-refractivity contribution < 1.29 is 0 Å². The Morgan fingerprint density at radius 1 is 0.621 bits per heavy atom. The summed E-state index contributed by atoms with van der Waals surface area (Å²) in [7, 11) is 0. The molecule has 2 saturated carbocycles. The van der Waals surface area contributed by atoms with Crippen LogP contribution in [0.1, 0.15) is 101 Å². The zero-order valence-electron chi connectivity index (χ0n) is 34.1. The highest BCUT2D eigenvalue weighted by molar-refractivity contribution is 5.59. The average molecular weight is 775 g/mol. The minimum Gasteiger partial charge on any atom is -0.367 e. The Balaban J connectivity index is 0.998. The molecular weight excluding hydrogens is 721 g/mol. The molecule has 0 saturated heterocycles. The fourth-order valence-electron chi connectivity index (χ4n) is 8.16. The minimum atomic E-state index is 0.133. The third-order valence-corrected chi connectivity index (χ3v) is 11.8. The second-order valence-corrected chi connectivity index (χ2v) is 15.8. The van der Waals surface area contributed by atoms with E-state index in [9.17, 15) is 0 Å². The maximum absolute atomic E-state index is 5.17.